The Morgan fingerprint density at radius 1 is 1.19 bits per heavy atom. The molecule has 0 radical (unpaired) electrons. The number of non-ortho nitro benzene ring substituents is 1. The quantitative estimate of drug-likeness (QED) is 0.520. The molecule has 2 N–H and O–H groups in total. The van der Waals surface area contributed by atoms with Gasteiger partial charge in [-0.2, -0.15) is 4.98 Å². The first-order valence-corrected chi connectivity index (χ1v) is 9.14. The van der Waals surface area contributed by atoms with Gasteiger partial charge < -0.3 is 10.2 Å². The van der Waals surface area contributed by atoms with Crippen molar-refractivity contribution in [3.05, 3.63) is 69.4 Å². The van der Waals surface area contributed by atoms with E-state index in [-0.39, 0.29) is 39.4 Å². The Labute approximate surface area is 153 Å². The number of hydrogen-bond acceptors (Lipinski definition) is 7. The fourth-order valence-corrected chi connectivity index (χ4v) is 3.75. The van der Waals surface area contributed by atoms with E-state index in [2.05, 4.69) is 4.98 Å². The average molecular weight is 394 g/mol. The van der Waals surface area contributed by atoms with Gasteiger partial charge in [0.2, 0.25) is 20.8 Å². The van der Waals surface area contributed by atoms with E-state index in [4.69, 9.17) is 21.8 Å². The van der Waals surface area contributed by atoms with Crippen LogP contribution < -0.4 is 5.73 Å². The Kier molecular flexibility index (Phi) is 4.77. The van der Waals surface area contributed by atoms with E-state index >= 15 is 0 Å². The number of nitrogens with two attached hydrogens (primary N) is 1. The molecule has 8 nitrogen and oxygen atoms in total. The van der Waals surface area contributed by atoms with Crippen LogP contribution in [0.3, 0.4) is 0 Å². The molecule has 26 heavy (non-hydrogen) atoms. The topological polar surface area (TPSA) is 129 Å². The van der Waals surface area contributed by atoms with Gasteiger partial charge in [0.25, 0.3) is 5.69 Å². The van der Waals surface area contributed by atoms with Crippen LogP contribution >= 0.6 is 11.6 Å². The molecule has 0 aliphatic heterocycles. The molecule has 0 unspecified atom stereocenters. The molecular weight excluding hydrogens is 382 g/mol. The van der Waals surface area contributed by atoms with Crippen molar-refractivity contribution in [1.29, 1.82) is 0 Å². The van der Waals surface area contributed by atoms with Gasteiger partial charge in [0, 0.05) is 22.7 Å². The first-order valence-electron chi connectivity index (χ1n) is 7.28. The first-order chi connectivity index (χ1) is 12.3. The maximum absolute atomic E-state index is 12.8. The van der Waals surface area contributed by atoms with Crippen LogP contribution in [0.4, 0.5) is 5.69 Å². The van der Waals surface area contributed by atoms with E-state index in [1.54, 1.807) is 0 Å². The summed E-state index contributed by atoms with van der Waals surface area (Å²) in [6.45, 7) is -0.204. The Morgan fingerprint density at radius 3 is 2.50 bits per heavy atom. The molecule has 1 aromatic heterocycles. The predicted molar refractivity (Wildman–Crippen MR) is 93.4 cm³/mol. The lowest BCUT2D eigenvalue weighted by atomic mass is 10.2. The summed E-state index contributed by atoms with van der Waals surface area (Å²) >= 11 is 5.79. The molecule has 0 bridgehead atoms. The van der Waals surface area contributed by atoms with E-state index < -0.39 is 14.8 Å². The van der Waals surface area contributed by atoms with Crippen LogP contribution in [0.5, 0.6) is 0 Å². The van der Waals surface area contributed by atoms with Crippen LogP contribution in [0.2, 0.25) is 5.02 Å². The zero-order chi connectivity index (χ0) is 18.9. The van der Waals surface area contributed by atoms with Gasteiger partial charge in [-0.05, 0) is 30.3 Å². The molecule has 1 heterocycles. The number of oxazole rings is 1. The summed E-state index contributed by atoms with van der Waals surface area (Å²) in [4.78, 5) is 14.4. The van der Waals surface area contributed by atoms with Gasteiger partial charge >= 0.3 is 0 Å². The summed E-state index contributed by atoms with van der Waals surface area (Å²) in [5.41, 5.74) is 5.69. The van der Waals surface area contributed by atoms with Crippen LogP contribution in [0.1, 0.15) is 5.76 Å². The summed E-state index contributed by atoms with van der Waals surface area (Å²) in [6, 6.07) is 11.1. The van der Waals surface area contributed by atoms with Crippen LogP contribution in [-0.2, 0) is 16.4 Å². The van der Waals surface area contributed by atoms with Crippen molar-refractivity contribution < 1.29 is 17.8 Å². The number of benzene rings is 2. The van der Waals surface area contributed by atoms with Gasteiger partial charge in [-0.25, -0.2) is 8.42 Å². The second-order valence-corrected chi connectivity index (χ2v) is 7.52. The third-order valence-electron chi connectivity index (χ3n) is 3.53. The molecule has 0 spiro atoms. The Morgan fingerprint density at radius 2 is 1.88 bits per heavy atom. The molecule has 0 aliphatic carbocycles. The molecule has 0 amide bonds. The molecule has 0 fully saturated rings. The van der Waals surface area contributed by atoms with Crippen LogP contribution in [0, 0.1) is 10.1 Å². The lowest BCUT2D eigenvalue weighted by molar-refractivity contribution is -0.384. The zero-order valence-electron chi connectivity index (χ0n) is 13.1. The summed E-state index contributed by atoms with van der Waals surface area (Å²) < 4.78 is 31.1. The summed E-state index contributed by atoms with van der Waals surface area (Å²) in [7, 11) is -3.99. The third-order valence-corrected chi connectivity index (χ3v) is 5.50. The average Bonchev–Trinajstić information content (AvgIpc) is 3.07. The maximum atomic E-state index is 12.8. The molecule has 3 aromatic rings. The highest BCUT2D eigenvalue weighted by Crippen LogP contribution is 2.30. The summed E-state index contributed by atoms with van der Waals surface area (Å²) in [5.74, 6) is -0.108. The number of nitrogens with zero attached hydrogens (tertiary/aromatic N) is 2. The number of nitro groups is 1. The van der Waals surface area contributed by atoms with Gasteiger partial charge in [-0.3, -0.25) is 10.1 Å². The Balaban J connectivity index is 2.11. The van der Waals surface area contributed by atoms with Gasteiger partial charge in [-0.1, -0.05) is 17.7 Å². The molecule has 0 aliphatic rings. The monoisotopic (exact) mass is 393 g/mol. The molecule has 0 saturated carbocycles. The van der Waals surface area contributed by atoms with Crippen molar-refractivity contribution in [3.8, 4) is 11.5 Å². The fourth-order valence-electron chi connectivity index (χ4n) is 2.28. The standard InChI is InChI=1S/C16H12ClN3O5S/c17-11-4-6-13(7-5-11)26(23,24)16-14(9-18)25-15(19-16)10-2-1-3-12(8-10)20(21)22/h1-8H,9,18H2. The maximum Gasteiger partial charge on any atom is 0.270 e. The Bertz CT molecular complexity index is 1080. The molecule has 134 valence electrons. The highest BCUT2D eigenvalue weighted by atomic mass is 35.5. The van der Waals surface area contributed by atoms with Crippen molar-refractivity contribution in [3.63, 3.8) is 0 Å². The minimum atomic E-state index is -3.99. The highest BCUT2D eigenvalue weighted by Gasteiger charge is 2.28. The minimum absolute atomic E-state index is 0.0181. The molecule has 3 rings (SSSR count). The zero-order valence-corrected chi connectivity index (χ0v) is 14.7. The lowest BCUT2D eigenvalue weighted by Crippen LogP contribution is -2.07. The Hall–Kier alpha value is -2.75. The van der Waals surface area contributed by atoms with Crippen molar-refractivity contribution in [2.75, 3.05) is 0 Å². The molecular formula is C16H12ClN3O5S. The number of rotatable bonds is 5. The second-order valence-electron chi connectivity index (χ2n) is 5.22. The van der Waals surface area contributed by atoms with E-state index in [0.29, 0.717) is 5.02 Å². The van der Waals surface area contributed by atoms with Crippen molar-refractivity contribution >= 4 is 27.1 Å². The van der Waals surface area contributed by atoms with Gasteiger partial charge in [0.05, 0.1) is 16.4 Å². The molecule has 0 atom stereocenters. The summed E-state index contributed by atoms with van der Waals surface area (Å²) in [5, 5.41) is 11.0. The second kappa shape index (κ2) is 6.87. The van der Waals surface area contributed by atoms with Gasteiger partial charge in [-0.15, -0.1) is 0 Å². The lowest BCUT2D eigenvalue weighted by Gasteiger charge is -2.02. The SMILES string of the molecule is NCc1oc(-c2cccc([N+](=O)[O-])c2)nc1S(=O)(=O)c1ccc(Cl)cc1. The van der Waals surface area contributed by atoms with E-state index in [1.807, 2.05) is 0 Å². The minimum Gasteiger partial charge on any atom is -0.438 e. The van der Waals surface area contributed by atoms with Gasteiger partial charge in [0.1, 0.15) is 0 Å². The molecule has 0 saturated heterocycles. The predicted octanol–water partition coefficient (Wildman–Crippen LogP) is 3.19. The number of halogens is 1. The number of aromatic nitrogens is 1. The van der Waals surface area contributed by atoms with Crippen molar-refractivity contribution in [2.24, 2.45) is 5.73 Å². The van der Waals surface area contributed by atoms with Crippen LogP contribution in [0.25, 0.3) is 11.5 Å². The largest absolute Gasteiger partial charge is 0.438 e. The van der Waals surface area contributed by atoms with Crippen LogP contribution in [-0.4, -0.2) is 18.3 Å². The van der Waals surface area contributed by atoms with Gasteiger partial charge in [0.15, 0.2) is 5.76 Å². The number of sulfone groups is 1. The van der Waals surface area contributed by atoms with Crippen molar-refractivity contribution in [1.82, 2.24) is 4.98 Å². The van der Waals surface area contributed by atoms with E-state index in [1.165, 1.54) is 48.5 Å². The van der Waals surface area contributed by atoms with Crippen molar-refractivity contribution in [2.45, 2.75) is 16.5 Å². The normalized spacial score (nSPS) is 11.5. The van der Waals surface area contributed by atoms with E-state index in [9.17, 15) is 18.5 Å². The fraction of sp³-hybridized carbons (Fsp3) is 0.0625. The molecule has 2 aromatic carbocycles. The highest BCUT2D eigenvalue weighted by molar-refractivity contribution is 7.91. The van der Waals surface area contributed by atoms with Crippen LogP contribution in [0.15, 0.2) is 62.9 Å². The summed E-state index contributed by atoms with van der Waals surface area (Å²) in [6.07, 6.45) is 0. The number of nitro benzene ring substituents is 1. The smallest absolute Gasteiger partial charge is 0.270 e. The third kappa shape index (κ3) is 3.32. The number of hydrogen-bond donors (Lipinski definition) is 1. The first kappa shape index (κ1) is 18.1. The van der Waals surface area contributed by atoms with E-state index in [0.717, 1.165) is 0 Å². The molecule has 10 heteroatoms.